The van der Waals surface area contributed by atoms with Crippen LogP contribution in [-0.4, -0.2) is 12.7 Å². The lowest BCUT2D eigenvalue weighted by Gasteiger charge is -2.11. The highest BCUT2D eigenvalue weighted by molar-refractivity contribution is 5.58. The molecule has 0 unspecified atom stereocenters. The van der Waals surface area contributed by atoms with E-state index in [9.17, 15) is 13.2 Å². The van der Waals surface area contributed by atoms with Gasteiger partial charge in [-0.2, -0.15) is 18.4 Å². The molecule has 86 valence electrons. The number of nitrogens with two attached hydrogens (primary N) is 1. The highest BCUT2D eigenvalue weighted by Gasteiger charge is 2.26. The highest BCUT2D eigenvalue weighted by Crippen LogP contribution is 2.20. The summed E-state index contributed by atoms with van der Waals surface area (Å²) >= 11 is 0. The monoisotopic (exact) mass is 229 g/mol. The molecule has 0 bridgehead atoms. The van der Waals surface area contributed by atoms with E-state index in [1.165, 1.54) is 18.2 Å². The summed E-state index contributed by atoms with van der Waals surface area (Å²) in [5, 5.41) is 10.7. The van der Waals surface area contributed by atoms with Crippen molar-refractivity contribution in [3.05, 3.63) is 23.8 Å². The quantitative estimate of drug-likeness (QED) is 0.782. The standard InChI is InChI=1S/C10H10F3N3/c11-10(12,13)6-16-8-1-2-9(15)7(5-8)3-4-14/h1-2,5,16H,3,6,15H2. The van der Waals surface area contributed by atoms with Gasteiger partial charge in [0, 0.05) is 11.4 Å². The van der Waals surface area contributed by atoms with E-state index in [0.29, 0.717) is 16.9 Å². The van der Waals surface area contributed by atoms with E-state index in [1.54, 1.807) is 0 Å². The Balaban J connectivity index is 2.76. The molecule has 0 aliphatic heterocycles. The number of nitriles is 1. The van der Waals surface area contributed by atoms with Gasteiger partial charge >= 0.3 is 6.18 Å². The van der Waals surface area contributed by atoms with Crippen LogP contribution in [0.3, 0.4) is 0 Å². The molecular formula is C10H10F3N3. The first-order valence-electron chi connectivity index (χ1n) is 4.48. The van der Waals surface area contributed by atoms with Gasteiger partial charge in [0.2, 0.25) is 0 Å². The fourth-order valence-electron chi connectivity index (χ4n) is 1.16. The molecule has 1 aromatic carbocycles. The third-order valence-corrected chi connectivity index (χ3v) is 1.91. The first-order chi connectivity index (χ1) is 7.42. The number of rotatable bonds is 3. The van der Waals surface area contributed by atoms with Gasteiger partial charge in [0.05, 0.1) is 12.5 Å². The Morgan fingerprint density at radius 2 is 2.06 bits per heavy atom. The molecule has 0 aromatic heterocycles. The second-order valence-corrected chi connectivity index (χ2v) is 3.22. The zero-order valence-electron chi connectivity index (χ0n) is 8.30. The third kappa shape index (κ3) is 3.69. The summed E-state index contributed by atoms with van der Waals surface area (Å²) < 4.78 is 35.8. The number of hydrogen-bond acceptors (Lipinski definition) is 3. The van der Waals surface area contributed by atoms with E-state index in [0.717, 1.165) is 0 Å². The first kappa shape index (κ1) is 12.2. The summed E-state index contributed by atoms with van der Waals surface area (Å²) in [7, 11) is 0. The van der Waals surface area contributed by atoms with Gasteiger partial charge in [0.25, 0.3) is 0 Å². The molecule has 16 heavy (non-hydrogen) atoms. The van der Waals surface area contributed by atoms with Gasteiger partial charge < -0.3 is 11.1 Å². The number of halogens is 3. The van der Waals surface area contributed by atoms with Crippen molar-refractivity contribution in [2.75, 3.05) is 17.6 Å². The van der Waals surface area contributed by atoms with E-state index in [4.69, 9.17) is 11.0 Å². The molecule has 0 saturated carbocycles. The molecule has 3 nitrogen and oxygen atoms in total. The van der Waals surface area contributed by atoms with Crippen LogP contribution in [0, 0.1) is 11.3 Å². The van der Waals surface area contributed by atoms with Crippen LogP contribution in [0.1, 0.15) is 5.56 Å². The SMILES string of the molecule is N#CCc1cc(NCC(F)(F)F)ccc1N. The van der Waals surface area contributed by atoms with E-state index >= 15 is 0 Å². The fourth-order valence-corrected chi connectivity index (χ4v) is 1.16. The molecule has 0 aliphatic rings. The Morgan fingerprint density at radius 3 is 2.62 bits per heavy atom. The summed E-state index contributed by atoms with van der Waals surface area (Å²) in [5.74, 6) is 0. The number of benzene rings is 1. The maximum absolute atomic E-state index is 11.9. The van der Waals surface area contributed by atoms with Gasteiger partial charge in [-0.1, -0.05) is 0 Å². The molecule has 6 heteroatoms. The highest BCUT2D eigenvalue weighted by atomic mass is 19.4. The largest absolute Gasteiger partial charge is 0.405 e. The molecule has 1 rings (SSSR count). The van der Waals surface area contributed by atoms with Crippen molar-refractivity contribution in [1.82, 2.24) is 0 Å². The van der Waals surface area contributed by atoms with E-state index in [1.807, 2.05) is 6.07 Å². The number of hydrogen-bond donors (Lipinski definition) is 2. The molecule has 0 fully saturated rings. The Hall–Kier alpha value is -1.90. The molecule has 0 radical (unpaired) electrons. The third-order valence-electron chi connectivity index (χ3n) is 1.91. The van der Waals surface area contributed by atoms with Crippen molar-refractivity contribution in [2.24, 2.45) is 0 Å². The van der Waals surface area contributed by atoms with Crippen molar-refractivity contribution in [2.45, 2.75) is 12.6 Å². The minimum atomic E-state index is -4.27. The molecule has 0 atom stereocenters. The molecule has 1 aromatic rings. The first-order valence-corrected chi connectivity index (χ1v) is 4.48. The molecule has 0 aliphatic carbocycles. The van der Waals surface area contributed by atoms with Crippen LogP contribution in [-0.2, 0) is 6.42 Å². The van der Waals surface area contributed by atoms with E-state index < -0.39 is 12.7 Å². The van der Waals surface area contributed by atoms with Gasteiger partial charge in [-0.15, -0.1) is 0 Å². The minimum Gasteiger partial charge on any atom is -0.398 e. The van der Waals surface area contributed by atoms with E-state index in [2.05, 4.69) is 5.32 Å². The summed E-state index contributed by atoms with van der Waals surface area (Å²) in [4.78, 5) is 0. The summed E-state index contributed by atoms with van der Waals surface area (Å²) in [6.45, 7) is -1.11. The van der Waals surface area contributed by atoms with Crippen LogP contribution in [0.25, 0.3) is 0 Å². The number of nitrogens with one attached hydrogen (secondary N) is 1. The lowest BCUT2D eigenvalue weighted by Crippen LogP contribution is -2.21. The van der Waals surface area contributed by atoms with Gasteiger partial charge in [-0.05, 0) is 23.8 Å². The Bertz CT molecular complexity index is 407. The molecule has 0 heterocycles. The molecule has 0 spiro atoms. The predicted octanol–water partition coefficient (Wildman–Crippen LogP) is 2.31. The second-order valence-electron chi connectivity index (χ2n) is 3.22. The molecule has 0 amide bonds. The van der Waals surface area contributed by atoms with Crippen LogP contribution in [0.4, 0.5) is 24.5 Å². The smallest absolute Gasteiger partial charge is 0.398 e. The molecule has 3 N–H and O–H groups in total. The topological polar surface area (TPSA) is 61.8 Å². The second kappa shape index (κ2) is 4.75. The summed E-state index contributed by atoms with van der Waals surface area (Å²) in [6.07, 6.45) is -4.19. The zero-order valence-corrected chi connectivity index (χ0v) is 8.30. The van der Waals surface area contributed by atoms with Gasteiger partial charge in [0.15, 0.2) is 0 Å². The van der Waals surface area contributed by atoms with Crippen molar-refractivity contribution in [3.8, 4) is 6.07 Å². The Morgan fingerprint density at radius 1 is 1.38 bits per heavy atom. The predicted molar refractivity (Wildman–Crippen MR) is 54.7 cm³/mol. The van der Waals surface area contributed by atoms with Crippen LogP contribution >= 0.6 is 0 Å². The molecule has 0 saturated heterocycles. The number of nitrogens with zero attached hydrogens (tertiary/aromatic N) is 1. The Labute approximate surface area is 90.7 Å². The lowest BCUT2D eigenvalue weighted by molar-refractivity contribution is -0.115. The number of nitrogen functional groups attached to an aromatic ring is 1. The minimum absolute atomic E-state index is 0.0768. The van der Waals surface area contributed by atoms with Crippen LogP contribution in [0.15, 0.2) is 18.2 Å². The van der Waals surface area contributed by atoms with Gasteiger partial charge in [-0.3, -0.25) is 0 Å². The van der Waals surface area contributed by atoms with Crippen molar-refractivity contribution in [1.29, 1.82) is 5.26 Å². The van der Waals surface area contributed by atoms with Crippen LogP contribution in [0.5, 0.6) is 0 Å². The maximum atomic E-state index is 11.9. The Kier molecular flexibility index (Phi) is 3.61. The fraction of sp³-hybridized carbons (Fsp3) is 0.300. The normalized spacial score (nSPS) is 10.9. The van der Waals surface area contributed by atoms with Gasteiger partial charge in [0.1, 0.15) is 6.54 Å². The lowest BCUT2D eigenvalue weighted by atomic mass is 10.1. The zero-order chi connectivity index (χ0) is 12.2. The van der Waals surface area contributed by atoms with Crippen molar-refractivity contribution in [3.63, 3.8) is 0 Å². The van der Waals surface area contributed by atoms with Gasteiger partial charge in [-0.25, -0.2) is 0 Å². The van der Waals surface area contributed by atoms with Crippen LogP contribution in [0.2, 0.25) is 0 Å². The average Bonchev–Trinajstić information content (AvgIpc) is 2.18. The summed E-state index contributed by atoms with van der Waals surface area (Å²) in [5.41, 5.74) is 6.78. The average molecular weight is 229 g/mol. The number of anilines is 2. The molecular weight excluding hydrogens is 219 g/mol. The van der Waals surface area contributed by atoms with Crippen molar-refractivity contribution < 1.29 is 13.2 Å². The summed E-state index contributed by atoms with van der Waals surface area (Å²) in [6, 6.07) is 6.27. The number of alkyl halides is 3. The van der Waals surface area contributed by atoms with Crippen LogP contribution < -0.4 is 11.1 Å². The van der Waals surface area contributed by atoms with E-state index in [-0.39, 0.29) is 6.42 Å². The maximum Gasteiger partial charge on any atom is 0.405 e. The van der Waals surface area contributed by atoms with Crippen molar-refractivity contribution >= 4 is 11.4 Å².